The molecule has 0 bridgehead atoms. The van der Waals surface area contributed by atoms with E-state index in [2.05, 4.69) is 0 Å². The van der Waals surface area contributed by atoms with Crippen molar-refractivity contribution in [2.24, 2.45) is 0 Å². The van der Waals surface area contributed by atoms with Crippen LogP contribution in [-0.2, 0) is 0 Å². The fourth-order valence-electron chi connectivity index (χ4n) is 1.29. The Morgan fingerprint density at radius 1 is 1.31 bits per heavy atom. The Morgan fingerprint density at radius 3 is 2.56 bits per heavy atom. The van der Waals surface area contributed by atoms with Gasteiger partial charge in [0.05, 0.1) is 12.0 Å². The van der Waals surface area contributed by atoms with Gasteiger partial charge in [0.2, 0.25) is 5.78 Å². The predicted octanol–water partition coefficient (Wildman–Crippen LogP) is 3.64. The van der Waals surface area contributed by atoms with Crippen LogP contribution in [0.1, 0.15) is 15.2 Å². The van der Waals surface area contributed by atoms with Crippen LogP contribution >= 0.6 is 22.9 Å². The molecule has 0 unspecified atom stereocenters. The number of thiophene rings is 1. The fourth-order valence-corrected chi connectivity index (χ4v) is 2.23. The highest BCUT2D eigenvalue weighted by Crippen LogP contribution is 2.24. The van der Waals surface area contributed by atoms with E-state index in [1.54, 1.807) is 37.4 Å². The van der Waals surface area contributed by atoms with Gasteiger partial charge in [-0.3, -0.25) is 4.79 Å². The van der Waals surface area contributed by atoms with Crippen molar-refractivity contribution in [2.75, 3.05) is 7.11 Å². The van der Waals surface area contributed by atoms with E-state index in [-0.39, 0.29) is 5.78 Å². The molecule has 1 aromatic carbocycles. The van der Waals surface area contributed by atoms with Gasteiger partial charge in [0.25, 0.3) is 0 Å². The van der Waals surface area contributed by atoms with E-state index >= 15 is 0 Å². The number of halogens is 1. The van der Waals surface area contributed by atoms with Crippen LogP contribution in [0.25, 0.3) is 0 Å². The van der Waals surface area contributed by atoms with E-state index in [4.69, 9.17) is 16.3 Å². The Labute approximate surface area is 102 Å². The maximum absolute atomic E-state index is 12.0. The molecule has 0 saturated carbocycles. The van der Waals surface area contributed by atoms with E-state index < -0.39 is 0 Å². The first-order chi connectivity index (χ1) is 7.70. The van der Waals surface area contributed by atoms with Crippen LogP contribution in [0, 0.1) is 0 Å². The number of carbonyl (C=O) groups is 1. The van der Waals surface area contributed by atoms with Crippen molar-refractivity contribution in [1.29, 1.82) is 0 Å². The molecule has 4 heteroatoms. The van der Waals surface area contributed by atoms with Gasteiger partial charge in [0.1, 0.15) is 5.75 Å². The van der Waals surface area contributed by atoms with Gasteiger partial charge in [-0.05, 0) is 24.3 Å². The second-order valence-electron chi connectivity index (χ2n) is 3.19. The Balaban J connectivity index is 2.28. The highest BCUT2D eigenvalue weighted by molar-refractivity contribution is 7.12. The molecule has 1 aromatic heterocycles. The van der Waals surface area contributed by atoms with Crippen molar-refractivity contribution >= 4 is 28.7 Å². The van der Waals surface area contributed by atoms with E-state index in [9.17, 15) is 4.79 Å². The Kier molecular flexibility index (Phi) is 3.27. The standard InChI is InChI=1S/C12H9ClO2S/c1-15-10-6-11(16-7-10)12(14)8-2-4-9(13)5-3-8/h2-7H,1H3. The number of carbonyl (C=O) groups excluding carboxylic acids is 1. The lowest BCUT2D eigenvalue weighted by atomic mass is 10.1. The third-order valence-electron chi connectivity index (χ3n) is 2.14. The molecule has 2 nitrogen and oxygen atoms in total. The van der Waals surface area contributed by atoms with Crippen LogP contribution in [0.2, 0.25) is 5.02 Å². The molecule has 0 N–H and O–H groups in total. The molecule has 0 atom stereocenters. The first-order valence-corrected chi connectivity index (χ1v) is 5.89. The first kappa shape index (κ1) is 11.2. The van der Waals surface area contributed by atoms with Crippen molar-refractivity contribution in [3.63, 3.8) is 0 Å². The lowest BCUT2D eigenvalue weighted by molar-refractivity contribution is 0.104. The summed E-state index contributed by atoms with van der Waals surface area (Å²) in [5.74, 6) is 0.701. The second-order valence-corrected chi connectivity index (χ2v) is 4.53. The van der Waals surface area contributed by atoms with Crippen LogP contribution in [0.5, 0.6) is 5.75 Å². The average Bonchev–Trinajstić information content (AvgIpc) is 2.77. The minimum atomic E-state index is -0.00929. The van der Waals surface area contributed by atoms with Gasteiger partial charge in [-0.2, -0.15) is 0 Å². The maximum Gasteiger partial charge on any atom is 0.203 e. The summed E-state index contributed by atoms with van der Waals surface area (Å²) in [6, 6.07) is 8.59. The largest absolute Gasteiger partial charge is 0.496 e. The number of benzene rings is 1. The summed E-state index contributed by atoms with van der Waals surface area (Å²) >= 11 is 7.13. The van der Waals surface area contributed by atoms with Gasteiger partial charge in [0.15, 0.2) is 0 Å². The van der Waals surface area contributed by atoms with E-state index in [1.165, 1.54) is 11.3 Å². The molecule has 2 rings (SSSR count). The summed E-state index contributed by atoms with van der Waals surface area (Å²) in [7, 11) is 1.58. The summed E-state index contributed by atoms with van der Waals surface area (Å²) < 4.78 is 5.04. The van der Waals surface area contributed by atoms with Gasteiger partial charge in [0, 0.05) is 22.0 Å². The van der Waals surface area contributed by atoms with Crippen LogP contribution < -0.4 is 4.74 Å². The molecular formula is C12H9ClO2S. The molecular weight excluding hydrogens is 244 g/mol. The highest BCUT2D eigenvalue weighted by Gasteiger charge is 2.11. The maximum atomic E-state index is 12.0. The summed E-state index contributed by atoms with van der Waals surface area (Å²) in [4.78, 5) is 12.7. The van der Waals surface area contributed by atoms with Crippen LogP contribution in [-0.4, -0.2) is 12.9 Å². The molecule has 1 heterocycles. The zero-order chi connectivity index (χ0) is 11.5. The lowest BCUT2D eigenvalue weighted by Crippen LogP contribution is -1.97. The molecule has 0 amide bonds. The van der Waals surface area contributed by atoms with E-state index in [0.29, 0.717) is 21.2 Å². The van der Waals surface area contributed by atoms with Crippen LogP contribution in [0.3, 0.4) is 0 Å². The van der Waals surface area contributed by atoms with Crippen molar-refractivity contribution in [1.82, 2.24) is 0 Å². The zero-order valence-corrected chi connectivity index (χ0v) is 10.1. The van der Waals surface area contributed by atoms with Crippen molar-refractivity contribution in [3.05, 3.63) is 51.2 Å². The average molecular weight is 253 g/mol. The van der Waals surface area contributed by atoms with Crippen LogP contribution in [0.4, 0.5) is 0 Å². The minimum absolute atomic E-state index is 0.00929. The minimum Gasteiger partial charge on any atom is -0.496 e. The molecule has 2 aromatic rings. The highest BCUT2D eigenvalue weighted by atomic mass is 35.5. The number of methoxy groups -OCH3 is 1. The molecule has 0 spiro atoms. The number of hydrogen-bond acceptors (Lipinski definition) is 3. The number of rotatable bonds is 3. The molecule has 82 valence electrons. The van der Waals surface area contributed by atoms with Crippen molar-refractivity contribution in [2.45, 2.75) is 0 Å². The molecule has 0 aliphatic carbocycles. The smallest absolute Gasteiger partial charge is 0.203 e. The number of hydrogen-bond donors (Lipinski definition) is 0. The predicted molar refractivity (Wildman–Crippen MR) is 65.8 cm³/mol. The SMILES string of the molecule is COc1csc(C(=O)c2ccc(Cl)cc2)c1. The molecule has 16 heavy (non-hydrogen) atoms. The van der Waals surface area contributed by atoms with Gasteiger partial charge in [-0.15, -0.1) is 11.3 Å². The number of ketones is 1. The van der Waals surface area contributed by atoms with Gasteiger partial charge >= 0.3 is 0 Å². The van der Waals surface area contributed by atoms with E-state index in [1.807, 2.05) is 5.38 Å². The quantitative estimate of drug-likeness (QED) is 0.780. The summed E-state index contributed by atoms with van der Waals surface area (Å²) in [6.07, 6.45) is 0. The Morgan fingerprint density at radius 2 is 2.00 bits per heavy atom. The summed E-state index contributed by atoms with van der Waals surface area (Å²) in [5.41, 5.74) is 0.633. The summed E-state index contributed by atoms with van der Waals surface area (Å²) in [6.45, 7) is 0. The van der Waals surface area contributed by atoms with Crippen molar-refractivity contribution < 1.29 is 9.53 Å². The third kappa shape index (κ3) is 2.26. The molecule has 0 radical (unpaired) electrons. The van der Waals surface area contributed by atoms with Crippen molar-refractivity contribution in [3.8, 4) is 5.75 Å². The van der Waals surface area contributed by atoms with Gasteiger partial charge in [-0.1, -0.05) is 11.6 Å². The van der Waals surface area contributed by atoms with Gasteiger partial charge in [-0.25, -0.2) is 0 Å². The zero-order valence-electron chi connectivity index (χ0n) is 8.57. The molecule has 0 saturated heterocycles. The first-order valence-electron chi connectivity index (χ1n) is 4.63. The lowest BCUT2D eigenvalue weighted by Gasteiger charge is -1.97. The number of ether oxygens (including phenoxy) is 1. The van der Waals surface area contributed by atoms with Crippen LogP contribution in [0.15, 0.2) is 35.7 Å². The monoisotopic (exact) mass is 252 g/mol. The topological polar surface area (TPSA) is 26.3 Å². The molecule has 0 aliphatic rings. The third-order valence-corrected chi connectivity index (χ3v) is 3.30. The fraction of sp³-hybridized carbons (Fsp3) is 0.0833. The Hall–Kier alpha value is -1.32. The van der Waals surface area contributed by atoms with Gasteiger partial charge < -0.3 is 4.74 Å². The molecule has 0 fully saturated rings. The summed E-state index contributed by atoms with van der Waals surface area (Å²) in [5, 5.41) is 2.43. The normalized spacial score (nSPS) is 10.1. The second kappa shape index (κ2) is 4.68. The Bertz CT molecular complexity index is 502. The van der Waals surface area contributed by atoms with E-state index in [0.717, 1.165) is 0 Å². The molecule has 0 aliphatic heterocycles.